The van der Waals surface area contributed by atoms with Gasteiger partial charge in [0.1, 0.15) is 12.4 Å². The van der Waals surface area contributed by atoms with Gasteiger partial charge in [-0.3, -0.25) is 4.90 Å². The molecule has 2 nitrogen and oxygen atoms in total. The van der Waals surface area contributed by atoms with Gasteiger partial charge in [0.15, 0.2) is 0 Å². The van der Waals surface area contributed by atoms with Crippen LogP contribution >= 0.6 is 15.9 Å². The maximum Gasteiger partial charge on any atom is 0.120 e. The predicted molar refractivity (Wildman–Crippen MR) is 83.6 cm³/mol. The lowest BCUT2D eigenvalue weighted by atomic mass is 9.80. The summed E-state index contributed by atoms with van der Waals surface area (Å²) in [6.07, 6.45) is 1.32. The van der Waals surface area contributed by atoms with E-state index < -0.39 is 0 Å². The Morgan fingerprint density at radius 2 is 2.16 bits per heavy atom. The summed E-state index contributed by atoms with van der Waals surface area (Å²) in [4.78, 5) is 2.52. The maximum atomic E-state index is 5.80. The van der Waals surface area contributed by atoms with Gasteiger partial charge in [-0.2, -0.15) is 0 Å². The summed E-state index contributed by atoms with van der Waals surface area (Å²) in [6.45, 7) is 11.3. The Kier molecular flexibility index (Phi) is 4.91. The van der Waals surface area contributed by atoms with Crippen molar-refractivity contribution in [2.45, 2.75) is 27.2 Å². The summed E-state index contributed by atoms with van der Waals surface area (Å²) >= 11 is 3.46. The van der Waals surface area contributed by atoms with Crippen LogP contribution in [0.1, 0.15) is 27.2 Å². The molecule has 0 aliphatic carbocycles. The van der Waals surface area contributed by atoms with E-state index in [1.807, 2.05) is 24.3 Å². The van der Waals surface area contributed by atoms with Crippen LogP contribution in [0, 0.1) is 11.3 Å². The standard InChI is InChI=1S/C16H24BrNO/c1-16(2,3)13-7-8-18(12-13)9-10-19-15-6-4-5-14(17)11-15/h4-6,11,13H,7-10,12H2,1-3H3. The third-order valence-corrected chi connectivity index (χ3v) is 4.46. The zero-order valence-electron chi connectivity index (χ0n) is 12.2. The van der Waals surface area contributed by atoms with E-state index in [9.17, 15) is 0 Å². The molecule has 1 aliphatic rings. The van der Waals surface area contributed by atoms with E-state index in [4.69, 9.17) is 4.74 Å². The molecule has 0 N–H and O–H groups in total. The van der Waals surface area contributed by atoms with E-state index in [1.165, 1.54) is 19.5 Å². The minimum atomic E-state index is 0.430. The van der Waals surface area contributed by atoms with Crippen molar-refractivity contribution in [2.24, 2.45) is 11.3 Å². The number of nitrogens with zero attached hydrogens (tertiary/aromatic N) is 1. The van der Waals surface area contributed by atoms with Crippen LogP contribution in [0.2, 0.25) is 0 Å². The Labute approximate surface area is 125 Å². The number of likely N-dealkylation sites (tertiary alicyclic amines) is 1. The minimum Gasteiger partial charge on any atom is -0.492 e. The van der Waals surface area contributed by atoms with Gasteiger partial charge in [0.25, 0.3) is 0 Å². The molecule has 1 unspecified atom stereocenters. The molecule has 1 aromatic carbocycles. The van der Waals surface area contributed by atoms with Gasteiger partial charge >= 0.3 is 0 Å². The summed E-state index contributed by atoms with van der Waals surface area (Å²) in [5, 5.41) is 0. The van der Waals surface area contributed by atoms with Crippen LogP contribution in [-0.4, -0.2) is 31.1 Å². The Bertz CT molecular complexity index is 413. The fourth-order valence-corrected chi connectivity index (χ4v) is 2.97. The van der Waals surface area contributed by atoms with E-state index in [1.54, 1.807) is 0 Å². The first-order valence-corrected chi connectivity index (χ1v) is 7.85. The van der Waals surface area contributed by atoms with Gasteiger partial charge in [-0.05, 0) is 42.5 Å². The second-order valence-corrected chi connectivity index (χ2v) is 7.37. The van der Waals surface area contributed by atoms with Gasteiger partial charge < -0.3 is 4.74 Å². The molecule has 1 aromatic rings. The molecular formula is C16H24BrNO. The lowest BCUT2D eigenvalue weighted by Crippen LogP contribution is -2.29. The first-order chi connectivity index (χ1) is 8.95. The van der Waals surface area contributed by atoms with Crippen LogP contribution in [0.4, 0.5) is 0 Å². The molecule has 0 spiro atoms. The van der Waals surface area contributed by atoms with Crippen molar-refractivity contribution in [2.75, 3.05) is 26.2 Å². The number of ether oxygens (including phenoxy) is 1. The average molecular weight is 326 g/mol. The normalized spacial score (nSPS) is 20.7. The average Bonchev–Trinajstić information content (AvgIpc) is 2.77. The quantitative estimate of drug-likeness (QED) is 0.822. The lowest BCUT2D eigenvalue weighted by molar-refractivity contribution is 0.203. The van der Waals surface area contributed by atoms with E-state index in [0.29, 0.717) is 5.41 Å². The molecule has 0 amide bonds. The molecule has 1 saturated heterocycles. The van der Waals surface area contributed by atoms with E-state index >= 15 is 0 Å². The van der Waals surface area contributed by atoms with Crippen LogP contribution in [-0.2, 0) is 0 Å². The molecule has 0 radical (unpaired) electrons. The van der Waals surface area contributed by atoms with Crippen molar-refractivity contribution in [1.29, 1.82) is 0 Å². The van der Waals surface area contributed by atoms with Crippen LogP contribution in [0.15, 0.2) is 28.7 Å². The SMILES string of the molecule is CC(C)(C)C1CCN(CCOc2cccc(Br)c2)C1. The number of hydrogen-bond donors (Lipinski definition) is 0. The summed E-state index contributed by atoms with van der Waals surface area (Å²) in [5.41, 5.74) is 0.430. The molecule has 19 heavy (non-hydrogen) atoms. The molecule has 0 aromatic heterocycles. The Morgan fingerprint density at radius 1 is 1.37 bits per heavy atom. The largest absolute Gasteiger partial charge is 0.492 e. The molecule has 106 valence electrons. The highest BCUT2D eigenvalue weighted by atomic mass is 79.9. The molecule has 0 bridgehead atoms. The molecule has 1 atom stereocenters. The van der Waals surface area contributed by atoms with Gasteiger partial charge in [-0.25, -0.2) is 0 Å². The second-order valence-electron chi connectivity index (χ2n) is 6.46. The minimum absolute atomic E-state index is 0.430. The number of halogens is 1. The zero-order valence-corrected chi connectivity index (χ0v) is 13.7. The van der Waals surface area contributed by atoms with Crippen LogP contribution in [0.5, 0.6) is 5.75 Å². The van der Waals surface area contributed by atoms with E-state index in [-0.39, 0.29) is 0 Å². The predicted octanol–water partition coefficient (Wildman–Crippen LogP) is 4.20. The van der Waals surface area contributed by atoms with Crippen molar-refractivity contribution < 1.29 is 4.74 Å². The number of benzene rings is 1. The fraction of sp³-hybridized carbons (Fsp3) is 0.625. The highest BCUT2D eigenvalue weighted by Gasteiger charge is 2.31. The molecule has 1 aliphatic heterocycles. The molecule has 1 heterocycles. The first-order valence-electron chi connectivity index (χ1n) is 7.06. The molecular weight excluding hydrogens is 302 g/mol. The monoisotopic (exact) mass is 325 g/mol. The summed E-state index contributed by atoms with van der Waals surface area (Å²) in [6, 6.07) is 8.04. The van der Waals surface area contributed by atoms with E-state index in [0.717, 1.165) is 29.3 Å². The summed E-state index contributed by atoms with van der Waals surface area (Å²) in [5.74, 6) is 1.76. The highest BCUT2D eigenvalue weighted by Crippen LogP contribution is 2.33. The highest BCUT2D eigenvalue weighted by molar-refractivity contribution is 9.10. The Hall–Kier alpha value is -0.540. The first kappa shape index (κ1) is 14.9. The molecule has 2 rings (SSSR count). The van der Waals surface area contributed by atoms with E-state index in [2.05, 4.69) is 41.6 Å². The lowest BCUT2D eigenvalue weighted by Gasteiger charge is -2.27. The third kappa shape index (κ3) is 4.50. The Morgan fingerprint density at radius 3 is 2.79 bits per heavy atom. The molecule has 0 saturated carbocycles. The zero-order chi connectivity index (χ0) is 13.9. The van der Waals surface area contributed by atoms with Crippen molar-refractivity contribution in [1.82, 2.24) is 4.90 Å². The molecule has 3 heteroatoms. The number of hydrogen-bond acceptors (Lipinski definition) is 2. The van der Waals surface area contributed by atoms with Gasteiger partial charge in [0.2, 0.25) is 0 Å². The van der Waals surface area contributed by atoms with Gasteiger partial charge in [-0.15, -0.1) is 0 Å². The van der Waals surface area contributed by atoms with Crippen LogP contribution in [0.3, 0.4) is 0 Å². The maximum absolute atomic E-state index is 5.80. The van der Waals surface area contributed by atoms with Crippen molar-refractivity contribution in [3.63, 3.8) is 0 Å². The smallest absolute Gasteiger partial charge is 0.120 e. The third-order valence-electron chi connectivity index (χ3n) is 3.97. The summed E-state index contributed by atoms with van der Waals surface area (Å²) < 4.78 is 6.87. The Balaban J connectivity index is 1.73. The molecule has 1 fully saturated rings. The second kappa shape index (κ2) is 6.27. The van der Waals surface area contributed by atoms with Crippen molar-refractivity contribution >= 4 is 15.9 Å². The summed E-state index contributed by atoms with van der Waals surface area (Å²) in [7, 11) is 0. The van der Waals surface area contributed by atoms with Crippen molar-refractivity contribution in [3.8, 4) is 5.75 Å². The number of rotatable bonds is 4. The fourth-order valence-electron chi connectivity index (χ4n) is 2.59. The van der Waals surface area contributed by atoms with Gasteiger partial charge in [0.05, 0.1) is 0 Å². The topological polar surface area (TPSA) is 12.5 Å². The van der Waals surface area contributed by atoms with Crippen molar-refractivity contribution in [3.05, 3.63) is 28.7 Å². The van der Waals surface area contributed by atoms with Crippen LogP contribution in [0.25, 0.3) is 0 Å². The van der Waals surface area contributed by atoms with Gasteiger partial charge in [0, 0.05) is 17.6 Å². The van der Waals surface area contributed by atoms with Crippen LogP contribution < -0.4 is 4.74 Å². The van der Waals surface area contributed by atoms with Gasteiger partial charge in [-0.1, -0.05) is 42.8 Å².